The maximum Gasteiger partial charge on any atom is 0.233 e. The summed E-state index contributed by atoms with van der Waals surface area (Å²) in [5.41, 5.74) is 5.67. The van der Waals surface area contributed by atoms with Crippen LogP contribution in [0.2, 0.25) is 0 Å². The highest BCUT2D eigenvalue weighted by molar-refractivity contribution is 9.10. The second kappa shape index (κ2) is 5.49. The Morgan fingerprint density at radius 3 is 2.94 bits per heavy atom. The predicted octanol–water partition coefficient (Wildman–Crippen LogP) is 2.80. The van der Waals surface area contributed by atoms with Crippen LogP contribution in [0.3, 0.4) is 0 Å². The number of halogens is 1. The highest BCUT2D eigenvalue weighted by Gasteiger charge is 2.19. The van der Waals surface area contributed by atoms with Gasteiger partial charge in [0.1, 0.15) is 16.6 Å². The van der Waals surface area contributed by atoms with Gasteiger partial charge in [-0.05, 0) is 40.6 Å². The molecule has 0 saturated heterocycles. The van der Waals surface area contributed by atoms with Crippen molar-refractivity contribution in [2.45, 2.75) is 19.8 Å². The highest BCUT2D eigenvalue weighted by atomic mass is 79.9. The van der Waals surface area contributed by atoms with Crippen LogP contribution in [0.4, 0.5) is 5.82 Å². The van der Waals surface area contributed by atoms with Crippen molar-refractivity contribution >= 4 is 21.7 Å². The predicted molar refractivity (Wildman–Crippen MR) is 70.7 cm³/mol. The van der Waals surface area contributed by atoms with Gasteiger partial charge in [-0.15, -0.1) is 0 Å². The monoisotopic (exact) mass is 297 g/mol. The number of hydrogen-bond acceptors (Lipinski definition) is 4. The molecule has 0 aliphatic heterocycles. The minimum absolute atomic E-state index is 0.409. The van der Waals surface area contributed by atoms with Gasteiger partial charge >= 0.3 is 0 Å². The smallest absolute Gasteiger partial charge is 0.233 e. The lowest BCUT2D eigenvalue weighted by atomic mass is 9.85. The van der Waals surface area contributed by atoms with E-state index in [0.29, 0.717) is 34.6 Å². The van der Waals surface area contributed by atoms with E-state index in [0.717, 1.165) is 12.8 Å². The number of ether oxygens (including phenoxy) is 1. The fourth-order valence-corrected chi connectivity index (χ4v) is 2.21. The van der Waals surface area contributed by atoms with Gasteiger partial charge in [0.2, 0.25) is 5.88 Å². The van der Waals surface area contributed by atoms with Crippen LogP contribution in [-0.4, -0.2) is 16.6 Å². The largest absolute Gasteiger partial charge is 0.476 e. The molecule has 2 rings (SSSR count). The molecule has 1 aliphatic carbocycles. The van der Waals surface area contributed by atoms with Gasteiger partial charge in [-0.3, -0.25) is 0 Å². The van der Waals surface area contributed by atoms with E-state index >= 15 is 0 Å². The second-order valence-electron chi connectivity index (χ2n) is 4.37. The minimum atomic E-state index is 0.409. The lowest BCUT2D eigenvalue weighted by molar-refractivity contribution is 0.191. The molecule has 2 unspecified atom stereocenters. The van der Waals surface area contributed by atoms with Crippen molar-refractivity contribution in [1.82, 2.24) is 9.97 Å². The summed E-state index contributed by atoms with van der Waals surface area (Å²) in [5, 5.41) is 0. The Hall–Kier alpha value is -1.10. The molecule has 1 aromatic heterocycles. The average Bonchev–Trinajstić information content (AvgIpc) is 2.33. The lowest BCUT2D eigenvalue weighted by Gasteiger charge is -2.25. The molecule has 5 heteroatoms. The Balaban J connectivity index is 1.98. The van der Waals surface area contributed by atoms with E-state index in [4.69, 9.17) is 10.5 Å². The molecule has 0 aromatic carbocycles. The molecule has 0 spiro atoms. The number of allylic oxidation sites excluding steroid dienone is 2. The molecule has 4 nitrogen and oxygen atoms in total. The van der Waals surface area contributed by atoms with Crippen LogP contribution in [0, 0.1) is 11.8 Å². The average molecular weight is 298 g/mol. The summed E-state index contributed by atoms with van der Waals surface area (Å²) in [5.74, 6) is 2.13. The Labute approximate surface area is 109 Å². The maximum atomic E-state index is 5.72. The summed E-state index contributed by atoms with van der Waals surface area (Å²) in [6, 6.07) is 0. The van der Waals surface area contributed by atoms with Crippen LogP contribution in [0.5, 0.6) is 5.88 Å². The van der Waals surface area contributed by atoms with Gasteiger partial charge in [-0.2, -0.15) is 0 Å². The number of nitrogens with zero attached hydrogens (tertiary/aromatic N) is 2. The SMILES string of the molecule is CC1CC=CCC1COc1ncnc(N)c1Br. The molecule has 1 heterocycles. The zero-order valence-electron chi connectivity index (χ0n) is 9.77. The van der Waals surface area contributed by atoms with E-state index in [9.17, 15) is 0 Å². The molecule has 92 valence electrons. The fraction of sp³-hybridized carbons (Fsp3) is 0.500. The second-order valence-corrected chi connectivity index (χ2v) is 5.16. The molecule has 0 bridgehead atoms. The summed E-state index contributed by atoms with van der Waals surface area (Å²) in [4.78, 5) is 7.95. The summed E-state index contributed by atoms with van der Waals surface area (Å²) < 4.78 is 6.35. The summed E-state index contributed by atoms with van der Waals surface area (Å²) in [6.45, 7) is 2.92. The zero-order chi connectivity index (χ0) is 12.3. The molecule has 0 saturated carbocycles. The van der Waals surface area contributed by atoms with Crippen LogP contribution in [0.15, 0.2) is 23.0 Å². The van der Waals surface area contributed by atoms with Gasteiger partial charge in [-0.1, -0.05) is 19.1 Å². The quantitative estimate of drug-likeness (QED) is 0.872. The third kappa shape index (κ3) is 2.97. The summed E-state index contributed by atoms with van der Waals surface area (Å²) in [7, 11) is 0. The Kier molecular flexibility index (Phi) is 3.99. The number of aromatic nitrogens is 2. The van der Waals surface area contributed by atoms with Crippen LogP contribution < -0.4 is 10.5 Å². The molecule has 0 amide bonds. The molecule has 1 aliphatic rings. The molecule has 0 fully saturated rings. The van der Waals surface area contributed by atoms with Crippen LogP contribution >= 0.6 is 15.9 Å². The Morgan fingerprint density at radius 1 is 1.41 bits per heavy atom. The van der Waals surface area contributed by atoms with Gasteiger partial charge in [-0.25, -0.2) is 9.97 Å². The molecule has 0 radical (unpaired) electrons. The van der Waals surface area contributed by atoms with E-state index in [1.54, 1.807) is 0 Å². The van der Waals surface area contributed by atoms with Crippen molar-refractivity contribution in [2.24, 2.45) is 11.8 Å². The van der Waals surface area contributed by atoms with E-state index in [1.807, 2.05) is 0 Å². The molecule has 2 N–H and O–H groups in total. The third-order valence-corrected chi connectivity index (χ3v) is 3.88. The molecular weight excluding hydrogens is 282 g/mol. The van der Waals surface area contributed by atoms with Crippen molar-refractivity contribution in [2.75, 3.05) is 12.3 Å². The van der Waals surface area contributed by atoms with Crippen molar-refractivity contribution in [3.05, 3.63) is 23.0 Å². The first-order valence-electron chi connectivity index (χ1n) is 5.72. The first kappa shape index (κ1) is 12.4. The van der Waals surface area contributed by atoms with Gasteiger partial charge < -0.3 is 10.5 Å². The van der Waals surface area contributed by atoms with E-state index in [-0.39, 0.29) is 0 Å². The maximum absolute atomic E-state index is 5.72. The first-order chi connectivity index (χ1) is 8.18. The normalized spacial score (nSPS) is 23.6. The molecular formula is C12H16BrN3O. The zero-order valence-corrected chi connectivity index (χ0v) is 11.4. The Morgan fingerprint density at radius 2 is 2.18 bits per heavy atom. The van der Waals surface area contributed by atoms with Gasteiger partial charge in [0.05, 0.1) is 6.61 Å². The van der Waals surface area contributed by atoms with Crippen LogP contribution in [0.1, 0.15) is 19.8 Å². The lowest BCUT2D eigenvalue weighted by Crippen LogP contribution is -2.21. The van der Waals surface area contributed by atoms with Crippen LogP contribution in [-0.2, 0) is 0 Å². The fourth-order valence-electron chi connectivity index (χ4n) is 1.89. The molecule has 2 atom stereocenters. The van der Waals surface area contributed by atoms with Crippen LogP contribution in [0.25, 0.3) is 0 Å². The van der Waals surface area contributed by atoms with Crippen molar-refractivity contribution in [3.63, 3.8) is 0 Å². The number of nitrogen functional groups attached to an aromatic ring is 1. The van der Waals surface area contributed by atoms with E-state index in [1.165, 1.54) is 6.33 Å². The number of anilines is 1. The molecule has 1 aromatic rings. The summed E-state index contributed by atoms with van der Waals surface area (Å²) in [6.07, 6.45) is 8.07. The number of hydrogen-bond donors (Lipinski definition) is 1. The molecule has 17 heavy (non-hydrogen) atoms. The van der Waals surface area contributed by atoms with Crippen molar-refractivity contribution < 1.29 is 4.74 Å². The summed E-state index contributed by atoms with van der Waals surface area (Å²) >= 11 is 3.33. The van der Waals surface area contributed by atoms with Crippen molar-refractivity contribution in [3.8, 4) is 5.88 Å². The Bertz CT molecular complexity index is 422. The topological polar surface area (TPSA) is 61.0 Å². The standard InChI is InChI=1S/C12H16BrN3O/c1-8-4-2-3-5-9(8)6-17-12-10(13)11(14)15-7-16-12/h2-3,7-9H,4-6H2,1H3,(H2,14,15,16). The van der Waals surface area contributed by atoms with E-state index in [2.05, 4.69) is 45.0 Å². The van der Waals surface area contributed by atoms with E-state index < -0.39 is 0 Å². The van der Waals surface area contributed by atoms with Gasteiger partial charge in [0, 0.05) is 0 Å². The number of rotatable bonds is 3. The first-order valence-corrected chi connectivity index (χ1v) is 6.51. The third-order valence-electron chi connectivity index (χ3n) is 3.14. The number of nitrogens with two attached hydrogens (primary N) is 1. The van der Waals surface area contributed by atoms with Gasteiger partial charge in [0.25, 0.3) is 0 Å². The van der Waals surface area contributed by atoms with Crippen molar-refractivity contribution in [1.29, 1.82) is 0 Å². The minimum Gasteiger partial charge on any atom is -0.476 e. The van der Waals surface area contributed by atoms with Gasteiger partial charge in [0.15, 0.2) is 0 Å². The highest BCUT2D eigenvalue weighted by Crippen LogP contribution is 2.29.